The molecule has 2 N–H and O–H groups in total. The number of pyridine rings is 1. The van der Waals surface area contributed by atoms with E-state index < -0.39 is 41.0 Å². The summed E-state index contributed by atoms with van der Waals surface area (Å²) >= 11 is 0. The van der Waals surface area contributed by atoms with E-state index in [2.05, 4.69) is 25.2 Å². The van der Waals surface area contributed by atoms with E-state index in [-0.39, 0.29) is 11.5 Å². The zero-order chi connectivity index (χ0) is 27.6. The number of hydrogen-bond acceptors (Lipinski definition) is 6. The second-order valence-corrected chi connectivity index (χ2v) is 11.3. The van der Waals surface area contributed by atoms with Crippen LogP contribution in [0, 0.1) is 18.7 Å². The number of alkyl halides is 2. The highest BCUT2D eigenvalue weighted by molar-refractivity contribution is 5.90. The van der Waals surface area contributed by atoms with Crippen molar-refractivity contribution in [3.8, 4) is 0 Å². The minimum atomic E-state index is -2.91. The molecular formula is C27H31F3N6O2. The average molecular weight is 529 g/mol. The number of benzene rings is 1. The van der Waals surface area contributed by atoms with Gasteiger partial charge in [-0.2, -0.15) is 0 Å². The third-order valence-corrected chi connectivity index (χ3v) is 7.53. The van der Waals surface area contributed by atoms with Gasteiger partial charge in [0.2, 0.25) is 0 Å². The van der Waals surface area contributed by atoms with Gasteiger partial charge < -0.3 is 15.3 Å². The van der Waals surface area contributed by atoms with Crippen molar-refractivity contribution in [1.82, 2.24) is 19.9 Å². The topological polar surface area (TPSA) is 94.5 Å². The number of halogens is 3. The Labute approximate surface area is 218 Å². The van der Waals surface area contributed by atoms with Crippen LogP contribution in [-0.4, -0.2) is 55.2 Å². The van der Waals surface area contributed by atoms with E-state index in [4.69, 9.17) is 0 Å². The standard InChI is InChI=1S/C27H31F3N6O2/c1-14(17-7-6-8-18(22(17)28)23(29)30)32-24-19-9-21(31-11-20(19)33-15(2)34-24)35-12-16-10-27(16,13-35)36(25(37)38)26(3,4)5/h6-9,11,14,16,23H,10,12-13H2,1-5H3,(H,37,38)(H,32,33,34)/t14-,16?,27?/m1/s1. The Morgan fingerprint density at radius 2 is 1.97 bits per heavy atom. The molecule has 1 saturated heterocycles. The van der Waals surface area contributed by atoms with Crippen LogP contribution in [0.15, 0.2) is 30.5 Å². The Hall–Kier alpha value is -3.63. The minimum Gasteiger partial charge on any atom is -0.465 e. The number of anilines is 2. The summed E-state index contributed by atoms with van der Waals surface area (Å²) in [6.45, 7) is 10.3. The monoisotopic (exact) mass is 528 g/mol. The Kier molecular flexibility index (Phi) is 6.15. The van der Waals surface area contributed by atoms with Crippen molar-refractivity contribution in [1.29, 1.82) is 0 Å². The minimum absolute atomic E-state index is 0.110. The maximum Gasteiger partial charge on any atom is 0.408 e. The van der Waals surface area contributed by atoms with Crippen LogP contribution in [0.25, 0.3) is 10.9 Å². The zero-order valence-electron chi connectivity index (χ0n) is 22.0. The molecule has 8 nitrogen and oxygen atoms in total. The summed E-state index contributed by atoms with van der Waals surface area (Å²) in [7, 11) is 0. The summed E-state index contributed by atoms with van der Waals surface area (Å²) in [5, 5.41) is 13.8. The normalized spacial score (nSPS) is 21.5. The summed E-state index contributed by atoms with van der Waals surface area (Å²) < 4.78 is 41.3. The molecule has 0 spiro atoms. The Morgan fingerprint density at radius 1 is 1.26 bits per heavy atom. The van der Waals surface area contributed by atoms with Crippen LogP contribution in [0.4, 0.5) is 29.6 Å². The maximum atomic E-state index is 14.8. The highest BCUT2D eigenvalue weighted by Crippen LogP contribution is 2.56. The van der Waals surface area contributed by atoms with Gasteiger partial charge in [-0.25, -0.2) is 32.9 Å². The molecule has 3 aromatic rings. The lowest BCUT2D eigenvalue weighted by atomic mass is 10.0. The van der Waals surface area contributed by atoms with Crippen molar-refractivity contribution in [2.24, 2.45) is 5.92 Å². The summed E-state index contributed by atoms with van der Waals surface area (Å²) in [6.07, 6.45) is -1.39. The predicted octanol–water partition coefficient (Wildman–Crippen LogP) is 5.94. The first kappa shape index (κ1) is 26.0. The summed E-state index contributed by atoms with van der Waals surface area (Å²) in [4.78, 5) is 29.4. The fourth-order valence-electron chi connectivity index (χ4n) is 5.90. The van der Waals surface area contributed by atoms with Crippen molar-refractivity contribution < 1.29 is 23.1 Å². The molecule has 0 radical (unpaired) electrons. The number of aromatic nitrogens is 3. The number of amides is 1. The van der Waals surface area contributed by atoms with Gasteiger partial charge in [0.25, 0.3) is 6.43 Å². The molecule has 11 heteroatoms. The highest BCUT2D eigenvalue weighted by atomic mass is 19.3. The number of nitrogens with one attached hydrogen (secondary N) is 1. The van der Waals surface area contributed by atoms with Crippen LogP contribution in [0.2, 0.25) is 0 Å². The van der Waals surface area contributed by atoms with E-state index in [9.17, 15) is 23.1 Å². The number of carboxylic acid groups (broad SMARTS) is 1. The fraction of sp³-hybridized carbons (Fsp3) is 0.481. The highest BCUT2D eigenvalue weighted by Gasteiger charge is 2.67. The lowest BCUT2D eigenvalue weighted by Gasteiger charge is -2.40. The second-order valence-electron chi connectivity index (χ2n) is 11.3. The SMILES string of the molecule is Cc1nc(N[C@H](C)c2cccc(C(F)F)c2F)c2cc(N3CC4CC4(N(C(=O)O)C(C)(C)C)C3)ncc2n1. The van der Waals surface area contributed by atoms with Gasteiger partial charge in [0, 0.05) is 35.5 Å². The Balaban J connectivity index is 1.46. The first-order valence-corrected chi connectivity index (χ1v) is 12.6. The fourth-order valence-corrected chi connectivity index (χ4v) is 5.90. The van der Waals surface area contributed by atoms with Gasteiger partial charge in [-0.05, 0) is 47.1 Å². The third kappa shape index (κ3) is 4.37. The van der Waals surface area contributed by atoms with E-state index in [0.717, 1.165) is 12.5 Å². The molecule has 1 saturated carbocycles. The lowest BCUT2D eigenvalue weighted by molar-refractivity contribution is 0.0629. The molecule has 5 rings (SSSR count). The molecule has 1 amide bonds. The molecule has 2 aliphatic rings. The van der Waals surface area contributed by atoms with E-state index in [0.29, 0.717) is 41.5 Å². The van der Waals surface area contributed by atoms with Crippen molar-refractivity contribution in [2.45, 2.75) is 64.6 Å². The molecule has 1 aliphatic carbocycles. The van der Waals surface area contributed by atoms with E-state index >= 15 is 0 Å². The average Bonchev–Trinajstić information content (AvgIpc) is 3.36. The van der Waals surface area contributed by atoms with Crippen LogP contribution < -0.4 is 10.2 Å². The maximum absolute atomic E-state index is 14.8. The third-order valence-electron chi connectivity index (χ3n) is 7.53. The first-order chi connectivity index (χ1) is 17.8. The van der Waals surface area contributed by atoms with Crippen molar-refractivity contribution >= 4 is 28.6 Å². The smallest absolute Gasteiger partial charge is 0.408 e. The second kappa shape index (κ2) is 8.99. The quantitative estimate of drug-likeness (QED) is 0.409. The van der Waals surface area contributed by atoms with Crippen LogP contribution in [0.1, 0.15) is 63.5 Å². The molecule has 2 unspecified atom stereocenters. The molecule has 38 heavy (non-hydrogen) atoms. The molecule has 2 aromatic heterocycles. The van der Waals surface area contributed by atoms with Gasteiger partial charge in [-0.3, -0.25) is 4.90 Å². The van der Waals surface area contributed by atoms with Gasteiger partial charge in [0.1, 0.15) is 23.3 Å². The lowest BCUT2D eigenvalue weighted by Crippen LogP contribution is -2.55. The van der Waals surface area contributed by atoms with Gasteiger partial charge in [-0.1, -0.05) is 18.2 Å². The van der Waals surface area contributed by atoms with Crippen molar-refractivity contribution in [2.75, 3.05) is 23.3 Å². The largest absolute Gasteiger partial charge is 0.465 e. The van der Waals surface area contributed by atoms with Crippen LogP contribution >= 0.6 is 0 Å². The van der Waals surface area contributed by atoms with Gasteiger partial charge in [-0.15, -0.1) is 0 Å². The van der Waals surface area contributed by atoms with Gasteiger partial charge in [0.05, 0.1) is 28.9 Å². The summed E-state index contributed by atoms with van der Waals surface area (Å²) in [6, 6.07) is 5.16. The number of rotatable bonds is 6. The van der Waals surface area contributed by atoms with Crippen LogP contribution in [-0.2, 0) is 0 Å². The molecule has 1 aromatic carbocycles. The molecule has 202 valence electrons. The van der Waals surface area contributed by atoms with Crippen LogP contribution in [0.3, 0.4) is 0 Å². The summed E-state index contributed by atoms with van der Waals surface area (Å²) in [5.74, 6) is 0.853. The van der Waals surface area contributed by atoms with Crippen molar-refractivity contribution in [3.05, 3.63) is 53.2 Å². The van der Waals surface area contributed by atoms with Crippen molar-refractivity contribution in [3.63, 3.8) is 0 Å². The molecular weight excluding hydrogens is 497 g/mol. The Bertz CT molecular complexity index is 1410. The summed E-state index contributed by atoms with van der Waals surface area (Å²) in [5.41, 5.74) is -0.938. The number of nitrogens with zero attached hydrogens (tertiary/aromatic N) is 5. The van der Waals surface area contributed by atoms with E-state index in [1.165, 1.54) is 12.1 Å². The first-order valence-electron chi connectivity index (χ1n) is 12.6. The van der Waals surface area contributed by atoms with E-state index in [1.54, 1.807) is 24.9 Å². The Morgan fingerprint density at radius 3 is 2.63 bits per heavy atom. The molecule has 3 heterocycles. The molecule has 3 atom stereocenters. The number of aryl methyl sites for hydroxylation is 1. The molecule has 1 aliphatic heterocycles. The number of carbonyl (C=O) groups is 1. The number of hydrogen-bond donors (Lipinski definition) is 2. The molecule has 0 bridgehead atoms. The van der Waals surface area contributed by atoms with Gasteiger partial charge in [0.15, 0.2) is 0 Å². The van der Waals surface area contributed by atoms with E-state index in [1.807, 2.05) is 26.8 Å². The number of piperidine rings is 1. The number of fused-ring (bicyclic) bond motifs is 2. The zero-order valence-corrected chi connectivity index (χ0v) is 22.0. The van der Waals surface area contributed by atoms with Gasteiger partial charge >= 0.3 is 6.09 Å². The molecule has 2 fully saturated rings. The van der Waals surface area contributed by atoms with Crippen LogP contribution in [0.5, 0.6) is 0 Å². The predicted molar refractivity (Wildman–Crippen MR) is 138 cm³/mol.